The topological polar surface area (TPSA) is 12.0 Å². The number of hydrogen-bond donors (Lipinski definition) is 1. The standard InChI is InChI=1S/C17H17BrFNS/c1-11(13-7-6-12(18)10-15(13)19)20-16-8-9-21-17-5-3-2-4-14(16)17/h2-7,10-11,16,20H,8-9H2,1H3. The van der Waals surface area contributed by atoms with Crippen molar-refractivity contribution in [3.05, 3.63) is 63.9 Å². The summed E-state index contributed by atoms with van der Waals surface area (Å²) in [5.74, 6) is 0.937. The second-order valence-electron chi connectivity index (χ2n) is 5.28. The van der Waals surface area contributed by atoms with Crippen molar-refractivity contribution in [1.29, 1.82) is 0 Å². The predicted octanol–water partition coefficient (Wildman–Crippen LogP) is 5.48. The Labute approximate surface area is 137 Å². The summed E-state index contributed by atoms with van der Waals surface area (Å²) in [4.78, 5) is 1.34. The lowest BCUT2D eigenvalue weighted by molar-refractivity contribution is 0.437. The molecular formula is C17H17BrFNS. The van der Waals surface area contributed by atoms with E-state index in [2.05, 4.69) is 45.5 Å². The van der Waals surface area contributed by atoms with Crippen LogP contribution >= 0.6 is 27.7 Å². The molecular weight excluding hydrogens is 349 g/mol. The van der Waals surface area contributed by atoms with Crippen LogP contribution in [0.25, 0.3) is 0 Å². The molecule has 0 amide bonds. The number of halogens is 2. The van der Waals surface area contributed by atoms with E-state index in [1.54, 1.807) is 0 Å². The van der Waals surface area contributed by atoms with Gasteiger partial charge in [0.15, 0.2) is 0 Å². The lowest BCUT2D eigenvalue weighted by Gasteiger charge is -2.29. The van der Waals surface area contributed by atoms with Gasteiger partial charge in [0.25, 0.3) is 0 Å². The fourth-order valence-electron chi connectivity index (χ4n) is 2.76. The molecule has 2 atom stereocenters. The van der Waals surface area contributed by atoms with E-state index >= 15 is 0 Å². The first kappa shape index (κ1) is 15.1. The maximum atomic E-state index is 14.1. The van der Waals surface area contributed by atoms with Gasteiger partial charge in [0.2, 0.25) is 0 Å². The number of benzene rings is 2. The van der Waals surface area contributed by atoms with Crippen molar-refractivity contribution in [2.24, 2.45) is 0 Å². The fourth-order valence-corrected chi connectivity index (χ4v) is 4.22. The van der Waals surface area contributed by atoms with Gasteiger partial charge in [-0.25, -0.2) is 4.39 Å². The molecule has 3 rings (SSSR count). The number of fused-ring (bicyclic) bond motifs is 1. The number of rotatable bonds is 3. The Hall–Kier alpha value is -0.840. The molecule has 0 aliphatic carbocycles. The number of hydrogen-bond acceptors (Lipinski definition) is 2. The quantitative estimate of drug-likeness (QED) is 0.772. The zero-order valence-electron chi connectivity index (χ0n) is 11.8. The first-order valence-corrected chi connectivity index (χ1v) is 8.86. The van der Waals surface area contributed by atoms with E-state index in [1.807, 2.05) is 30.8 Å². The second-order valence-corrected chi connectivity index (χ2v) is 7.33. The van der Waals surface area contributed by atoms with Crippen molar-refractivity contribution in [2.75, 3.05) is 5.75 Å². The van der Waals surface area contributed by atoms with Gasteiger partial charge in [0.05, 0.1) is 0 Å². The molecule has 1 aliphatic rings. The Morgan fingerprint density at radius 1 is 1.29 bits per heavy atom. The molecule has 110 valence electrons. The Kier molecular flexibility index (Phi) is 4.67. The molecule has 0 spiro atoms. The third-order valence-corrected chi connectivity index (χ3v) is 5.45. The van der Waals surface area contributed by atoms with Crippen LogP contribution in [0, 0.1) is 5.82 Å². The van der Waals surface area contributed by atoms with Crippen LogP contribution in [0.2, 0.25) is 0 Å². The van der Waals surface area contributed by atoms with E-state index in [4.69, 9.17) is 0 Å². The fraction of sp³-hybridized carbons (Fsp3) is 0.294. The van der Waals surface area contributed by atoms with Gasteiger partial charge >= 0.3 is 0 Å². The van der Waals surface area contributed by atoms with E-state index < -0.39 is 0 Å². The van der Waals surface area contributed by atoms with Crippen LogP contribution in [-0.4, -0.2) is 5.75 Å². The molecule has 4 heteroatoms. The smallest absolute Gasteiger partial charge is 0.129 e. The summed E-state index contributed by atoms with van der Waals surface area (Å²) in [6.07, 6.45) is 1.07. The van der Waals surface area contributed by atoms with E-state index in [0.29, 0.717) is 11.6 Å². The maximum Gasteiger partial charge on any atom is 0.129 e. The Balaban J connectivity index is 1.81. The molecule has 0 saturated heterocycles. The van der Waals surface area contributed by atoms with Gasteiger partial charge in [-0.15, -0.1) is 11.8 Å². The molecule has 1 N–H and O–H groups in total. The first-order chi connectivity index (χ1) is 10.1. The minimum Gasteiger partial charge on any atom is -0.303 e. The van der Waals surface area contributed by atoms with Gasteiger partial charge in [-0.2, -0.15) is 0 Å². The minimum absolute atomic E-state index is 0.0146. The second kappa shape index (κ2) is 6.51. The monoisotopic (exact) mass is 365 g/mol. The molecule has 2 aromatic rings. The summed E-state index contributed by atoms with van der Waals surface area (Å²) in [5.41, 5.74) is 2.05. The van der Waals surface area contributed by atoms with Crippen LogP contribution in [0.4, 0.5) is 4.39 Å². The van der Waals surface area contributed by atoms with Gasteiger partial charge in [0.1, 0.15) is 5.82 Å². The predicted molar refractivity (Wildman–Crippen MR) is 90.2 cm³/mol. The minimum atomic E-state index is -0.164. The van der Waals surface area contributed by atoms with Gasteiger partial charge < -0.3 is 5.32 Å². The Morgan fingerprint density at radius 3 is 2.90 bits per heavy atom. The molecule has 1 heterocycles. The number of nitrogens with one attached hydrogen (secondary N) is 1. The highest BCUT2D eigenvalue weighted by Crippen LogP contribution is 2.37. The summed E-state index contributed by atoms with van der Waals surface area (Å²) in [6.45, 7) is 2.02. The average molecular weight is 366 g/mol. The van der Waals surface area contributed by atoms with E-state index in [-0.39, 0.29) is 11.9 Å². The third kappa shape index (κ3) is 3.33. The molecule has 2 aromatic carbocycles. The third-order valence-electron chi connectivity index (χ3n) is 3.84. The van der Waals surface area contributed by atoms with Crippen LogP contribution in [-0.2, 0) is 0 Å². The van der Waals surface area contributed by atoms with Gasteiger partial charge in [-0.05, 0) is 42.9 Å². The average Bonchev–Trinajstić information content (AvgIpc) is 2.47. The van der Waals surface area contributed by atoms with Crippen LogP contribution in [0.3, 0.4) is 0 Å². The molecule has 0 radical (unpaired) electrons. The van der Waals surface area contributed by atoms with E-state index in [0.717, 1.165) is 16.6 Å². The van der Waals surface area contributed by atoms with E-state index in [9.17, 15) is 4.39 Å². The lowest BCUT2D eigenvalue weighted by atomic mass is 10.0. The molecule has 1 nitrogen and oxygen atoms in total. The summed E-state index contributed by atoms with van der Waals surface area (Å²) in [6, 6.07) is 14.0. The largest absolute Gasteiger partial charge is 0.303 e. The zero-order chi connectivity index (χ0) is 14.8. The summed E-state index contributed by atoms with van der Waals surface area (Å²) in [5, 5.41) is 3.58. The van der Waals surface area contributed by atoms with Crippen LogP contribution < -0.4 is 5.32 Å². The molecule has 0 saturated carbocycles. The summed E-state index contributed by atoms with van der Waals surface area (Å²) in [7, 11) is 0. The van der Waals surface area contributed by atoms with Gasteiger partial charge in [-0.1, -0.05) is 40.2 Å². The molecule has 0 fully saturated rings. The first-order valence-electron chi connectivity index (χ1n) is 7.08. The summed E-state index contributed by atoms with van der Waals surface area (Å²) >= 11 is 5.20. The molecule has 0 bridgehead atoms. The highest BCUT2D eigenvalue weighted by molar-refractivity contribution is 9.10. The normalized spacial score (nSPS) is 19.1. The van der Waals surface area contributed by atoms with Crippen LogP contribution in [0.5, 0.6) is 0 Å². The highest BCUT2D eigenvalue weighted by Gasteiger charge is 2.23. The Bertz CT molecular complexity index is 646. The molecule has 2 unspecified atom stereocenters. The molecule has 0 aromatic heterocycles. The van der Waals surface area contributed by atoms with Crippen LogP contribution in [0.15, 0.2) is 51.8 Å². The van der Waals surface area contributed by atoms with Crippen LogP contribution in [0.1, 0.15) is 36.6 Å². The molecule has 1 aliphatic heterocycles. The summed E-state index contributed by atoms with van der Waals surface area (Å²) < 4.78 is 14.9. The number of thioether (sulfide) groups is 1. The van der Waals surface area contributed by atoms with Gasteiger partial charge in [0, 0.05) is 27.0 Å². The van der Waals surface area contributed by atoms with Crippen molar-refractivity contribution in [3.63, 3.8) is 0 Å². The zero-order valence-corrected chi connectivity index (χ0v) is 14.2. The van der Waals surface area contributed by atoms with Crippen molar-refractivity contribution in [3.8, 4) is 0 Å². The Morgan fingerprint density at radius 2 is 2.10 bits per heavy atom. The van der Waals surface area contributed by atoms with Crippen molar-refractivity contribution in [2.45, 2.75) is 30.3 Å². The highest BCUT2D eigenvalue weighted by atomic mass is 79.9. The molecule has 21 heavy (non-hydrogen) atoms. The van der Waals surface area contributed by atoms with E-state index in [1.165, 1.54) is 16.5 Å². The van der Waals surface area contributed by atoms with Crippen molar-refractivity contribution < 1.29 is 4.39 Å². The lowest BCUT2D eigenvalue weighted by Crippen LogP contribution is -2.27. The van der Waals surface area contributed by atoms with Crippen molar-refractivity contribution >= 4 is 27.7 Å². The maximum absolute atomic E-state index is 14.1. The SMILES string of the molecule is CC(NC1CCSc2ccccc21)c1ccc(Br)cc1F. The van der Waals surface area contributed by atoms with Gasteiger partial charge in [-0.3, -0.25) is 0 Å². The van der Waals surface area contributed by atoms with Crippen molar-refractivity contribution in [1.82, 2.24) is 5.32 Å².